The van der Waals surface area contributed by atoms with Gasteiger partial charge in [0.1, 0.15) is 5.76 Å². The molecule has 1 fully saturated rings. The average molecular weight is 170 g/mol. The lowest BCUT2D eigenvalue weighted by atomic mass is 10.3. The van der Waals surface area contributed by atoms with Gasteiger partial charge in [-0.3, -0.25) is 0 Å². The van der Waals surface area contributed by atoms with E-state index in [9.17, 15) is 4.79 Å². The third kappa shape index (κ3) is 2.95. The van der Waals surface area contributed by atoms with Crippen LogP contribution in [0, 0.1) is 0 Å². The van der Waals surface area contributed by atoms with Crippen molar-refractivity contribution in [3.8, 4) is 0 Å². The normalized spacial score (nSPS) is 19.8. The third-order valence-electron chi connectivity index (χ3n) is 1.49. The van der Waals surface area contributed by atoms with E-state index in [1.54, 1.807) is 0 Å². The van der Waals surface area contributed by atoms with Gasteiger partial charge in [-0.2, -0.15) is 0 Å². The maximum Gasteiger partial charge on any atom is 0.334 e. The summed E-state index contributed by atoms with van der Waals surface area (Å²) in [5, 5.41) is 0. The van der Waals surface area contributed by atoms with Crippen molar-refractivity contribution in [2.75, 3.05) is 6.61 Å². The van der Waals surface area contributed by atoms with E-state index in [1.165, 1.54) is 6.08 Å². The van der Waals surface area contributed by atoms with Crippen LogP contribution in [0.5, 0.6) is 0 Å². The molecular weight excluding hydrogens is 156 g/mol. The predicted molar refractivity (Wildman–Crippen MR) is 44.5 cm³/mol. The minimum absolute atomic E-state index is 0.0595. The summed E-state index contributed by atoms with van der Waals surface area (Å²) < 4.78 is 10.1. The maximum atomic E-state index is 11.0. The first-order valence-electron chi connectivity index (χ1n) is 4.22. The van der Waals surface area contributed by atoms with Gasteiger partial charge in [0, 0.05) is 6.42 Å². The Morgan fingerprint density at radius 1 is 1.67 bits per heavy atom. The van der Waals surface area contributed by atoms with E-state index in [2.05, 4.69) is 0 Å². The molecule has 0 N–H and O–H groups in total. The molecule has 3 heteroatoms. The second-order valence-corrected chi connectivity index (χ2v) is 3.05. The Morgan fingerprint density at radius 2 is 2.42 bits per heavy atom. The van der Waals surface area contributed by atoms with E-state index in [-0.39, 0.29) is 12.1 Å². The molecule has 0 atom stereocenters. The van der Waals surface area contributed by atoms with Gasteiger partial charge in [-0.05, 0) is 20.3 Å². The van der Waals surface area contributed by atoms with Crippen molar-refractivity contribution in [1.29, 1.82) is 0 Å². The average Bonchev–Trinajstić information content (AvgIpc) is 2.37. The first kappa shape index (κ1) is 9.10. The van der Waals surface area contributed by atoms with Crippen LogP contribution in [0.25, 0.3) is 0 Å². The Bertz CT molecular complexity index is 186. The van der Waals surface area contributed by atoms with Gasteiger partial charge in [0.2, 0.25) is 0 Å². The second-order valence-electron chi connectivity index (χ2n) is 3.05. The molecule has 0 aliphatic carbocycles. The van der Waals surface area contributed by atoms with Crippen molar-refractivity contribution in [2.45, 2.75) is 32.8 Å². The predicted octanol–water partition coefficient (Wildman–Crippen LogP) is 1.63. The smallest absolute Gasteiger partial charge is 0.334 e. The van der Waals surface area contributed by atoms with Crippen molar-refractivity contribution in [2.24, 2.45) is 0 Å². The van der Waals surface area contributed by atoms with Crippen LogP contribution in [-0.4, -0.2) is 18.7 Å². The minimum atomic E-state index is -0.304. The Balaban J connectivity index is 2.38. The van der Waals surface area contributed by atoms with Crippen LogP contribution >= 0.6 is 0 Å². The standard InChI is InChI=1S/C9H14O3/c1-7(2)12-9(10)6-8-4-3-5-11-8/h6-7H,3-5H2,1-2H3/b8-6+. The highest BCUT2D eigenvalue weighted by Gasteiger charge is 2.10. The molecule has 0 radical (unpaired) electrons. The Hall–Kier alpha value is -0.990. The van der Waals surface area contributed by atoms with Gasteiger partial charge in [0.05, 0.1) is 18.8 Å². The number of esters is 1. The van der Waals surface area contributed by atoms with Crippen LogP contribution in [0.15, 0.2) is 11.8 Å². The zero-order valence-corrected chi connectivity index (χ0v) is 7.50. The molecule has 1 saturated heterocycles. The number of hydrogen-bond acceptors (Lipinski definition) is 3. The number of ether oxygens (including phenoxy) is 2. The largest absolute Gasteiger partial charge is 0.498 e. The molecule has 0 spiro atoms. The van der Waals surface area contributed by atoms with Gasteiger partial charge in [-0.15, -0.1) is 0 Å². The molecule has 0 aromatic heterocycles. The molecule has 1 aliphatic rings. The number of carbonyl (C=O) groups is 1. The molecule has 0 unspecified atom stereocenters. The molecule has 0 aromatic rings. The Morgan fingerprint density at radius 3 is 2.92 bits per heavy atom. The summed E-state index contributed by atoms with van der Waals surface area (Å²) in [6, 6.07) is 0. The van der Waals surface area contributed by atoms with Gasteiger partial charge >= 0.3 is 5.97 Å². The SMILES string of the molecule is CC(C)OC(=O)/C=C1\CCCO1. The van der Waals surface area contributed by atoms with Gasteiger partial charge < -0.3 is 9.47 Å². The van der Waals surface area contributed by atoms with Gasteiger partial charge in [0.25, 0.3) is 0 Å². The number of hydrogen-bond donors (Lipinski definition) is 0. The van der Waals surface area contributed by atoms with Crippen molar-refractivity contribution in [1.82, 2.24) is 0 Å². The highest BCUT2D eigenvalue weighted by atomic mass is 16.5. The molecule has 0 saturated carbocycles. The second kappa shape index (κ2) is 4.14. The van der Waals surface area contributed by atoms with Crippen molar-refractivity contribution in [3.63, 3.8) is 0 Å². The Kier molecular flexibility index (Phi) is 3.14. The summed E-state index contributed by atoms with van der Waals surface area (Å²) in [5.41, 5.74) is 0. The third-order valence-corrected chi connectivity index (χ3v) is 1.49. The number of carbonyl (C=O) groups excluding carboxylic acids is 1. The summed E-state index contributed by atoms with van der Waals surface area (Å²) in [6.45, 7) is 4.37. The first-order valence-corrected chi connectivity index (χ1v) is 4.22. The molecule has 0 bridgehead atoms. The molecule has 1 heterocycles. The lowest BCUT2D eigenvalue weighted by molar-refractivity contribution is -0.141. The van der Waals surface area contributed by atoms with E-state index in [4.69, 9.17) is 9.47 Å². The molecular formula is C9H14O3. The number of rotatable bonds is 2. The van der Waals surface area contributed by atoms with Crippen LogP contribution in [0.4, 0.5) is 0 Å². The van der Waals surface area contributed by atoms with Gasteiger partial charge in [-0.25, -0.2) is 4.79 Å². The molecule has 0 aromatic carbocycles. The summed E-state index contributed by atoms with van der Waals surface area (Å²) >= 11 is 0. The summed E-state index contributed by atoms with van der Waals surface area (Å²) in [4.78, 5) is 11.0. The van der Waals surface area contributed by atoms with Gasteiger partial charge in [0.15, 0.2) is 0 Å². The summed E-state index contributed by atoms with van der Waals surface area (Å²) in [5.74, 6) is 0.447. The minimum Gasteiger partial charge on any atom is -0.498 e. The highest BCUT2D eigenvalue weighted by Crippen LogP contribution is 2.15. The lowest BCUT2D eigenvalue weighted by Crippen LogP contribution is -2.09. The van der Waals surface area contributed by atoms with E-state index in [1.807, 2.05) is 13.8 Å². The van der Waals surface area contributed by atoms with Crippen molar-refractivity contribution < 1.29 is 14.3 Å². The first-order chi connectivity index (χ1) is 5.68. The molecule has 3 nitrogen and oxygen atoms in total. The molecule has 0 amide bonds. The van der Waals surface area contributed by atoms with Gasteiger partial charge in [-0.1, -0.05) is 0 Å². The van der Waals surface area contributed by atoms with Crippen LogP contribution in [0.1, 0.15) is 26.7 Å². The molecule has 1 aliphatic heterocycles. The number of allylic oxidation sites excluding steroid dienone is 1. The highest BCUT2D eigenvalue weighted by molar-refractivity contribution is 5.82. The van der Waals surface area contributed by atoms with Crippen molar-refractivity contribution in [3.05, 3.63) is 11.8 Å². The molecule has 1 rings (SSSR count). The maximum absolute atomic E-state index is 11.0. The van der Waals surface area contributed by atoms with Crippen LogP contribution in [0.3, 0.4) is 0 Å². The fourth-order valence-electron chi connectivity index (χ4n) is 1.03. The van der Waals surface area contributed by atoms with Crippen LogP contribution < -0.4 is 0 Å². The van der Waals surface area contributed by atoms with E-state index in [0.29, 0.717) is 0 Å². The zero-order chi connectivity index (χ0) is 8.97. The van der Waals surface area contributed by atoms with E-state index < -0.39 is 0 Å². The van der Waals surface area contributed by atoms with E-state index >= 15 is 0 Å². The Labute approximate surface area is 72.4 Å². The topological polar surface area (TPSA) is 35.5 Å². The monoisotopic (exact) mass is 170 g/mol. The zero-order valence-electron chi connectivity index (χ0n) is 7.50. The summed E-state index contributed by atoms with van der Waals surface area (Å²) in [7, 11) is 0. The van der Waals surface area contributed by atoms with Crippen LogP contribution in [-0.2, 0) is 14.3 Å². The van der Waals surface area contributed by atoms with E-state index in [0.717, 1.165) is 25.2 Å². The molecule has 12 heavy (non-hydrogen) atoms. The fraction of sp³-hybridized carbons (Fsp3) is 0.667. The van der Waals surface area contributed by atoms with Crippen LogP contribution in [0.2, 0.25) is 0 Å². The fourth-order valence-corrected chi connectivity index (χ4v) is 1.03. The molecule has 68 valence electrons. The van der Waals surface area contributed by atoms with Crippen molar-refractivity contribution >= 4 is 5.97 Å². The quantitative estimate of drug-likeness (QED) is 0.466. The summed E-state index contributed by atoms with van der Waals surface area (Å²) in [6.07, 6.45) is 3.23. The lowest BCUT2D eigenvalue weighted by Gasteiger charge is -2.04.